The first-order chi connectivity index (χ1) is 40.7. The highest BCUT2D eigenvalue weighted by atomic mass is 16.7. The number of hydrogen-bond acceptors (Lipinski definition) is 10. The number of carbonyl (C=O) groups is 2. The van der Waals surface area contributed by atoms with Gasteiger partial charge in [0.15, 0.2) is 12.4 Å². The Morgan fingerprint density at radius 3 is 1.18 bits per heavy atom. The zero-order valence-corrected chi connectivity index (χ0v) is 54.3. The summed E-state index contributed by atoms with van der Waals surface area (Å²) < 4.78 is 17.7. The Bertz CT molecular complexity index is 1490. The summed E-state index contributed by atoms with van der Waals surface area (Å²) >= 11 is 0. The van der Waals surface area contributed by atoms with Crippen LogP contribution in [0.4, 0.5) is 0 Å². The maximum absolute atomic E-state index is 13.4. The standard InChI is InChI=1S/C72H135NO10/c1-4-7-10-13-16-19-22-25-27-28-29-30-31-32-33-34-35-36-37-38-39-42-45-48-51-54-57-60-67(77)83-70-69(79)68(78)66(61-74)82-72(70)81-62-63(64(75)58-55-52-49-46-43-40-24-21-18-15-12-9-6-3)73-71(80)65(76)59-56-53-50-47-44-41-26-23-20-17-14-11-8-5-2/h20,23,25,27,55,58,63-66,68-70,72,74-76,78-79H,4-19,21-22,24,26,28-54,56-57,59-62H2,1-3H3,(H,73,80)/b23-20-,27-25+,58-55+. The number of unbranched alkanes of at least 4 members (excludes halogenated alkanes) is 44. The van der Waals surface area contributed by atoms with Gasteiger partial charge in [-0.3, -0.25) is 9.59 Å². The Hall–Kier alpha value is -2.12. The maximum Gasteiger partial charge on any atom is 0.306 e. The molecule has 1 saturated heterocycles. The van der Waals surface area contributed by atoms with E-state index >= 15 is 0 Å². The van der Waals surface area contributed by atoms with Gasteiger partial charge in [-0.1, -0.05) is 301 Å². The minimum absolute atomic E-state index is 0.128. The quantitative estimate of drug-likeness (QED) is 0.0195. The van der Waals surface area contributed by atoms with E-state index in [2.05, 4.69) is 50.4 Å². The van der Waals surface area contributed by atoms with Crippen LogP contribution in [0.3, 0.4) is 0 Å². The molecule has 0 aromatic rings. The molecule has 0 aromatic carbocycles. The van der Waals surface area contributed by atoms with E-state index in [0.29, 0.717) is 12.8 Å². The number of carbonyl (C=O) groups excluding carboxylic acids is 2. The fourth-order valence-corrected chi connectivity index (χ4v) is 11.3. The maximum atomic E-state index is 13.4. The second-order valence-electron chi connectivity index (χ2n) is 25.0. The van der Waals surface area contributed by atoms with E-state index in [4.69, 9.17) is 14.2 Å². The van der Waals surface area contributed by atoms with Gasteiger partial charge in [-0.25, -0.2) is 0 Å². The van der Waals surface area contributed by atoms with Gasteiger partial charge in [0.2, 0.25) is 5.91 Å². The molecule has 83 heavy (non-hydrogen) atoms. The number of aliphatic hydroxyl groups is 5. The Balaban J connectivity index is 2.53. The molecule has 0 aliphatic carbocycles. The topological polar surface area (TPSA) is 175 Å². The minimum Gasteiger partial charge on any atom is -0.454 e. The zero-order chi connectivity index (χ0) is 60.3. The van der Waals surface area contributed by atoms with Crippen molar-refractivity contribution in [1.82, 2.24) is 5.32 Å². The average Bonchev–Trinajstić information content (AvgIpc) is 3.51. The minimum atomic E-state index is -1.61. The molecule has 6 N–H and O–H groups in total. The number of esters is 1. The second-order valence-corrected chi connectivity index (χ2v) is 25.0. The molecule has 0 radical (unpaired) electrons. The SMILES string of the molecule is CCCCCC/C=C\CCCCCCCCC(O)C(=O)NC(COC1OC(CO)C(O)C(O)C1OC(=O)CCCCCCCCCCCCCCCCCCC/C=C/CCCCCCCC)C(O)/C=C/CCCCCCCCCCCCC. The number of hydrogen-bond donors (Lipinski definition) is 6. The Morgan fingerprint density at radius 2 is 0.795 bits per heavy atom. The Morgan fingerprint density at radius 1 is 0.458 bits per heavy atom. The summed E-state index contributed by atoms with van der Waals surface area (Å²) in [6, 6.07) is -1.02. The lowest BCUT2D eigenvalue weighted by Crippen LogP contribution is -2.61. The molecule has 488 valence electrons. The van der Waals surface area contributed by atoms with Crippen molar-refractivity contribution in [2.45, 2.75) is 397 Å². The van der Waals surface area contributed by atoms with Crippen LogP contribution in [0.5, 0.6) is 0 Å². The summed E-state index contributed by atoms with van der Waals surface area (Å²) in [6.07, 6.45) is 63.4. The molecular formula is C72H135NO10. The molecule has 0 bridgehead atoms. The summed E-state index contributed by atoms with van der Waals surface area (Å²) in [5.41, 5.74) is 0. The van der Waals surface area contributed by atoms with Gasteiger partial charge < -0.3 is 45.1 Å². The first-order valence-corrected chi connectivity index (χ1v) is 35.8. The first kappa shape index (κ1) is 78.9. The van der Waals surface area contributed by atoms with Crippen molar-refractivity contribution in [2.75, 3.05) is 13.2 Å². The number of ether oxygens (including phenoxy) is 3. The van der Waals surface area contributed by atoms with Crippen LogP contribution < -0.4 is 5.32 Å². The van der Waals surface area contributed by atoms with Crippen molar-refractivity contribution in [3.8, 4) is 0 Å². The monoisotopic (exact) mass is 1170 g/mol. The third-order valence-corrected chi connectivity index (χ3v) is 17.0. The normalized spacial score (nSPS) is 18.7. The lowest BCUT2D eigenvalue weighted by Gasteiger charge is -2.41. The van der Waals surface area contributed by atoms with E-state index in [1.807, 2.05) is 6.08 Å². The van der Waals surface area contributed by atoms with Crippen LogP contribution in [0.2, 0.25) is 0 Å². The van der Waals surface area contributed by atoms with Crippen LogP contribution in [0.25, 0.3) is 0 Å². The van der Waals surface area contributed by atoms with Gasteiger partial charge in [0.05, 0.1) is 25.4 Å². The molecule has 1 aliphatic rings. The molecule has 1 rings (SSSR count). The summed E-state index contributed by atoms with van der Waals surface area (Å²) in [6.45, 7) is 5.82. The molecule has 8 unspecified atom stereocenters. The van der Waals surface area contributed by atoms with Crippen LogP contribution in [0.1, 0.15) is 348 Å². The van der Waals surface area contributed by atoms with E-state index in [1.165, 1.54) is 231 Å². The zero-order valence-electron chi connectivity index (χ0n) is 54.3. The molecule has 0 spiro atoms. The number of nitrogens with one attached hydrogen (secondary N) is 1. The van der Waals surface area contributed by atoms with E-state index < -0.39 is 67.4 Å². The lowest BCUT2D eigenvalue weighted by atomic mass is 9.99. The lowest BCUT2D eigenvalue weighted by molar-refractivity contribution is -0.305. The highest BCUT2D eigenvalue weighted by molar-refractivity contribution is 5.80. The number of allylic oxidation sites excluding steroid dienone is 5. The van der Waals surface area contributed by atoms with Crippen LogP contribution in [-0.2, 0) is 23.8 Å². The van der Waals surface area contributed by atoms with Crippen LogP contribution in [0, 0.1) is 0 Å². The largest absolute Gasteiger partial charge is 0.454 e. The van der Waals surface area contributed by atoms with E-state index in [-0.39, 0.29) is 19.4 Å². The third kappa shape index (κ3) is 47.6. The molecule has 11 heteroatoms. The van der Waals surface area contributed by atoms with Crippen molar-refractivity contribution in [2.24, 2.45) is 0 Å². The van der Waals surface area contributed by atoms with Crippen molar-refractivity contribution < 1.29 is 49.3 Å². The average molecular weight is 1170 g/mol. The van der Waals surface area contributed by atoms with E-state index in [0.717, 1.165) is 70.6 Å². The van der Waals surface area contributed by atoms with Crippen molar-refractivity contribution in [1.29, 1.82) is 0 Å². The van der Waals surface area contributed by atoms with Gasteiger partial charge in [0, 0.05) is 6.42 Å². The number of aliphatic hydroxyl groups excluding tert-OH is 5. The number of rotatable bonds is 62. The van der Waals surface area contributed by atoms with Crippen molar-refractivity contribution in [3.63, 3.8) is 0 Å². The second kappa shape index (κ2) is 60.2. The molecule has 1 aliphatic heterocycles. The predicted molar refractivity (Wildman–Crippen MR) is 347 cm³/mol. The summed E-state index contributed by atoms with van der Waals surface area (Å²) in [5.74, 6) is -1.18. The van der Waals surface area contributed by atoms with Crippen LogP contribution >= 0.6 is 0 Å². The summed E-state index contributed by atoms with van der Waals surface area (Å²) in [7, 11) is 0. The fraction of sp³-hybridized carbons (Fsp3) is 0.889. The summed E-state index contributed by atoms with van der Waals surface area (Å²) in [4.78, 5) is 26.6. The van der Waals surface area contributed by atoms with Crippen molar-refractivity contribution in [3.05, 3.63) is 36.5 Å². The predicted octanol–water partition coefficient (Wildman–Crippen LogP) is 18.2. The van der Waals surface area contributed by atoms with Gasteiger partial charge in [-0.05, 0) is 77.0 Å². The Labute approximate surface area is 511 Å². The molecule has 11 nitrogen and oxygen atoms in total. The van der Waals surface area contributed by atoms with Crippen LogP contribution in [-0.4, -0.2) is 99.6 Å². The Kier molecular flexibility index (Phi) is 57.2. The van der Waals surface area contributed by atoms with Gasteiger partial charge in [0.1, 0.15) is 24.4 Å². The van der Waals surface area contributed by atoms with Crippen molar-refractivity contribution >= 4 is 11.9 Å². The molecule has 1 fully saturated rings. The fourth-order valence-electron chi connectivity index (χ4n) is 11.3. The van der Waals surface area contributed by atoms with E-state index in [1.54, 1.807) is 6.08 Å². The number of amides is 1. The highest BCUT2D eigenvalue weighted by Gasteiger charge is 2.47. The van der Waals surface area contributed by atoms with Gasteiger partial charge >= 0.3 is 5.97 Å². The molecule has 0 saturated carbocycles. The molecule has 0 aromatic heterocycles. The van der Waals surface area contributed by atoms with Crippen LogP contribution in [0.15, 0.2) is 36.5 Å². The third-order valence-electron chi connectivity index (χ3n) is 17.0. The smallest absolute Gasteiger partial charge is 0.306 e. The molecule has 8 atom stereocenters. The van der Waals surface area contributed by atoms with Gasteiger partial charge in [0.25, 0.3) is 0 Å². The highest BCUT2D eigenvalue weighted by Crippen LogP contribution is 2.26. The van der Waals surface area contributed by atoms with Gasteiger partial charge in [-0.2, -0.15) is 0 Å². The molecule has 1 amide bonds. The molecule has 1 heterocycles. The first-order valence-electron chi connectivity index (χ1n) is 35.8. The van der Waals surface area contributed by atoms with Gasteiger partial charge in [-0.15, -0.1) is 0 Å². The summed E-state index contributed by atoms with van der Waals surface area (Å²) in [5, 5.41) is 57.2. The van der Waals surface area contributed by atoms with E-state index in [9.17, 15) is 35.1 Å². The molecular weight excluding hydrogens is 1040 g/mol.